The van der Waals surface area contributed by atoms with Crippen LogP contribution in [0.1, 0.15) is 16.8 Å². The minimum Gasteiger partial charge on any atom is -0.392 e. The molecule has 0 radical (unpaired) electrons. The average Bonchev–Trinajstić information content (AvgIpc) is 2.69. The highest BCUT2D eigenvalue weighted by molar-refractivity contribution is 5.89. The van der Waals surface area contributed by atoms with E-state index < -0.39 is 0 Å². The first kappa shape index (κ1) is 18.1. The van der Waals surface area contributed by atoms with Crippen molar-refractivity contribution in [2.24, 2.45) is 0 Å². The summed E-state index contributed by atoms with van der Waals surface area (Å²) in [6.07, 6.45) is 1.79. The summed E-state index contributed by atoms with van der Waals surface area (Å²) in [5.41, 5.74) is 4.48. The first-order valence-corrected chi connectivity index (χ1v) is 9.03. The number of fused-ring (bicyclic) bond motifs is 1. The lowest BCUT2D eigenvalue weighted by Crippen LogP contribution is -1.99. The van der Waals surface area contributed by atoms with Crippen molar-refractivity contribution in [2.45, 2.75) is 20.5 Å². The van der Waals surface area contributed by atoms with Gasteiger partial charge in [-0.15, -0.1) is 0 Å². The van der Waals surface area contributed by atoms with Gasteiger partial charge in [0.1, 0.15) is 17.5 Å². The second kappa shape index (κ2) is 7.37. The van der Waals surface area contributed by atoms with Crippen LogP contribution in [0.3, 0.4) is 0 Å². The van der Waals surface area contributed by atoms with Crippen LogP contribution in [-0.2, 0) is 6.61 Å². The van der Waals surface area contributed by atoms with Crippen molar-refractivity contribution in [3.63, 3.8) is 0 Å². The van der Waals surface area contributed by atoms with Gasteiger partial charge in [0, 0.05) is 17.3 Å². The van der Waals surface area contributed by atoms with Crippen molar-refractivity contribution in [3.8, 4) is 11.1 Å². The maximum atomic E-state index is 13.6. The van der Waals surface area contributed by atoms with Gasteiger partial charge in [-0.05, 0) is 77.9 Å². The molecule has 0 aliphatic rings. The zero-order chi connectivity index (χ0) is 19.7. The molecule has 0 atom stereocenters. The number of aliphatic hydroxyl groups is 1. The van der Waals surface area contributed by atoms with Gasteiger partial charge in [0.25, 0.3) is 0 Å². The number of halogens is 1. The Balaban J connectivity index is 1.67. The zero-order valence-corrected chi connectivity index (χ0v) is 15.7. The molecular formula is C23H20FN3O. The van der Waals surface area contributed by atoms with E-state index in [1.165, 1.54) is 6.07 Å². The predicted molar refractivity (Wildman–Crippen MR) is 110 cm³/mol. The van der Waals surface area contributed by atoms with E-state index in [2.05, 4.69) is 15.3 Å². The third-order valence-electron chi connectivity index (χ3n) is 4.68. The molecule has 2 aromatic carbocycles. The van der Waals surface area contributed by atoms with E-state index >= 15 is 0 Å². The van der Waals surface area contributed by atoms with Crippen molar-refractivity contribution in [2.75, 3.05) is 5.32 Å². The predicted octanol–water partition coefficient (Wildman–Crippen LogP) is 5.29. The third kappa shape index (κ3) is 3.70. The number of pyridine rings is 2. The molecule has 0 aliphatic carbocycles. The molecule has 2 N–H and O–H groups in total. The monoisotopic (exact) mass is 373 g/mol. The summed E-state index contributed by atoms with van der Waals surface area (Å²) in [7, 11) is 0. The Hall–Kier alpha value is -3.31. The van der Waals surface area contributed by atoms with Crippen LogP contribution >= 0.6 is 0 Å². The molecule has 0 aliphatic heterocycles. The van der Waals surface area contributed by atoms with Gasteiger partial charge in [0.05, 0.1) is 6.61 Å². The summed E-state index contributed by atoms with van der Waals surface area (Å²) in [6, 6.07) is 16.4. The maximum absolute atomic E-state index is 13.6. The minimum atomic E-state index is -0.244. The topological polar surface area (TPSA) is 58.0 Å². The lowest BCUT2D eigenvalue weighted by molar-refractivity contribution is 0.281. The molecule has 0 saturated heterocycles. The van der Waals surface area contributed by atoms with Crippen LogP contribution in [0.25, 0.3) is 21.9 Å². The van der Waals surface area contributed by atoms with Crippen molar-refractivity contribution in [1.29, 1.82) is 0 Å². The van der Waals surface area contributed by atoms with Gasteiger partial charge in [0.15, 0.2) is 0 Å². The second-order valence-corrected chi connectivity index (χ2v) is 6.88. The molecule has 0 bridgehead atoms. The molecule has 2 aromatic heterocycles. The zero-order valence-electron chi connectivity index (χ0n) is 15.7. The second-order valence-electron chi connectivity index (χ2n) is 6.88. The summed E-state index contributed by atoms with van der Waals surface area (Å²) in [5, 5.41) is 14.5. The smallest absolute Gasteiger partial charge is 0.132 e. The van der Waals surface area contributed by atoms with Gasteiger partial charge in [-0.2, -0.15) is 0 Å². The van der Waals surface area contributed by atoms with Crippen molar-refractivity contribution >= 4 is 22.4 Å². The van der Waals surface area contributed by atoms with Gasteiger partial charge < -0.3 is 10.4 Å². The molecule has 4 nitrogen and oxygen atoms in total. The molecule has 0 fully saturated rings. The summed E-state index contributed by atoms with van der Waals surface area (Å²) in [5.74, 6) is 1.07. The largest absolute Gasteiger partial charge is 0.392 e. The van der Waals surface area contributed by atoms with Crippen LogP contribution in [0.5, 0.6) is 0 Å². The molecule has 28 heavy (non-hydrogen) atoms. The lowest BCUT2D eigenvalue weighted by Gasteiger charge is -2.10. The number of nitrogens with zero attached hydrogens (tertiary/aromatic N) is 2. The molecule has 2 heterocycles. The number of nitrogens with one attached hydrogen (secondary N) is 1. The standard InChI is InChI=1S/C23H20FN3O/c1-14-3-6-20(24)11-21(14)18-5-4-17-10-22(25-12-19(17)9-18)27-23-8-16(13-28)7-15(2)26-23/h3-12,28H,13H2,1-2H3,(H,25,26,27). The molecule has 4 rings (SSSR count). The van der Waals surface area contributed by atoms with Gasteiger partial charge in [-0.1, -0.05) is 18.2 Å². The average molecular weight is 373 g/mol. The van der Waals surface area contributed by atoms with Gasteiger partial charge in [0.2, 0.25) is 0 Å². The fraction of sp³-hybridized carbons (Fsp3) is 0.130. The van der Waals surface area contributed by atoms with Crippen molar-refractivity contribution in [1.82, 2.24) is 9.97 Å². The minimum absolute atomic E-state index is 0.0362. The van der Waals surface area contributed by atoms with E-state index in [0.29, 0.717) is 11.6 Å². The summed E-state index contributed by atoms with van der Waals surface area (Å²) >= 11 is 0. The van der Waals surface area contributed by atoms with Gasteiger partial charge in [-0.3, -0.25) is 0 Å². The fourth-order valence-corrected chi connectivity index (χ4v) is 3.31. The highest BCUT2D eigenvalue weighted by Crippen LogP contribution is 2.28. The van der Waals surface area contributed by atoms with Crippen LogP contribution in [0, 0.1) is 19.7 Å². The fourth-order valence-electron chi connectivity index (χ4n) is 3.31. The lowest BCUT2D eigenvalue weighted by atomic mass is 9.98. The number of aryl methyl sites for hydroxylation is 2. The molecule has 140 valence electrons. The molecule has 5 heteroatoms. The first-order valence-electron chi connectivity index (χ1n) is 9.03. The summed E-state index contributed by atoms with van der Waals surface area (Å²) < 4.78 is 13.6. The molecule has 0 spiro atoms. The maximum Gasteiger partial charge on any atom is 0.132 e. The number of hydrogen-bond acceptors (Lipinski definition) is 4. The van der Waals surface area contributed by atoms with Crippen molar-refractivity contribution < 1.29 is 9.50 Å². The Bertz CT molecular complexity index is 1170. The highest BCUT2D eigenvalue weighted by atomic mass is 19.1. The molecule has 4 aromatic rings. The SMILES string of the molecule is Cc1cc(CO)cc(Nc2cc3ccc(-c4cc(F)ccc4C)cc3cn2)n1. The number of rotatable bonds is 4. The number of anilines is 2. The highest BCUT2D eigenvalue weighted by Gasteiger charge is 2.07. The van der Waals surface area contributed by atoms with Crippen LogP contribution < -0.4 is 5.32 Å². The van der Waals surface area contributed by atoms with Gasteiger partial charge >= 0.3 is 0 Å². The molecule has 0 amide bonds. The summed E-state index contributed by atoms with van der Waals surface area (Å²) in [4.78, 5) is 8.91. The Labute approximate surface area is 162 Å². The van der Waals surface area contributed by atoms with Crippen LogP contribution in [0.15, 0.2) is 60.8 Å². The molecular weight excluding hydrogens is 353 g/mol. The number of benzene rings is 2. The van der Waals surface area contributed by atoms with Crippen molar-refractivity contribution in [3.05, 3.63) is 83.4 Å². The van der Waals surface area contributed by atoms with Crippen LogP contribution in [0.2, 0.25) is 0 Å². The van der Waals surface area contributed by atoms with E-state index in [-0.39, 0.29) is 12.4 Å². The Morgan fingerprint density at radius 1 is 0.929 bits per heavy atom. The van der Waals surface area contributed by atoms with E-state index in [9.17, 15) is 9.50 Å². The van der Waals surface area contributed by atoms with E-state index in [1.54, 1.807) is 24.4 Å². The van der Waals surface area contributed by atoms with Crippen LogP contribution in [0.4, 0.5) is 16.0 Å². The van der Waals surface area contributed by atoms with E-state index in [4.69, 9.17) is 0 Å². The van der Waals surface area contributed by atoms with Gasteiger partial charge in [-0.25, -0.2) is 14.4 Å². The van der Waals surface area contributed by atoms with E-state index in [1.807, 2.05) is 44.2 Å². The summed E-state index contributed by atoms with van der Waals surface area (Å²) in [6.45, 7) is 3.82. The Morgan fingerprint density at radius 2 is 1.79 bits per heavy atom. The van der Waals surface area contributed by atoms with E-state index in [0.717, 1.165) is 38.7 Å². The number of aromatic nitrogens is 2. The Kier molecular flexibility index (Phi) is 4.75. The molecule has 0 saturated carbocycles. The third-order valence-corrected chi connectivity index (χ3v) is 4.68. The number of hydrogen-bond donors (Lipinski definition) is 2. The molecule has 0 unspecified atom stereocenters. The normalized spacial score (nSPS) is 11.0. The number of aliphatic hydroxyl groups excluding tert-OH is 1. The Morgan fingerprint density at radius 3 is 2.61 bits per heavy atom. The first-order chi connectivity index (χ1) is 13.5. The van der Waals surface area contributed by atoms with Crippen LogP contribution in [-0.4, -0.2) is 15.1 Å². The quantitative estimate of drug-likeness (QED) is 0.510.